The van der Waals surface area contributed by atoms with E-state index in [2.05, 4.69) is 0 Å². The van der Waals surface area contributed by atoms with Gasteiger partial charge in [0.05, 0.1) is 22.4 Å². The number of amides is 2. The summed E-state index contributed by atoms with van der Waals surface area (Å²) in [5.74, 6) is -2.18. The van der Waals surface area contributed by atoms with Crippen LogP contribution in [0.5, 0.6) is 0 Å². The Labute approximate surface area is 177 Å². The van der Waals surface area contributed by atoms with Crippen molar-refractivity contribution in [2.75, 3.05) is 9.96 Å². The fourth-order valence-corrected chi connectivity index (χ4v) is 4.33. The van der Waals surface area contributed by atoms with Gasteiger partial charge in [-0.2, -0.15) is 0 Å². The van der Waals surface area contributed by atoms with Gasteiger partial charge in [-0.25, -0.2) is 14.4 Å². The van der Waals surface area contributed by atoms with Crippen LogP contribution in [-0.4, -0.2) is 17.9 Å². The lowest BCUT2D eigenvalue weighted by atomic mass is 9.90. The summed E-state index contributed by atoms with van der Waals surface area (Å²) in [4.78, 5) is 33.7. The molecule has 30 heavy (non-hydrogen) atoms. The number of hydrogen-bond acceptors (Lipinski definition) is 4. The van der Waals surface area contributed by atoms with Gasteiger partial charge in [-0.1, -0.05) is 54.1 Å². The molecule has 0 bridgehead atoms. The predicted octanol–water partition coefficient (Wildman–Crippen LogP) is 4.53. The molecule has 2 amide bonds. The maximum atomic E-state index is 14.0. The van der Waals surface area contributed by atoms with E-state index < -0.39 is 35.7 Å². The molecular formula is C23H16ClFN2O3. The normalized spacial score (nSPS) is 23.2. The number of benzene rings is 3. The van der Waals surface area contributed by atoms with Gasteiger partial charge < -0.3 is 0 Å². The quantitative estimate of drug-likeness (QED) is 0.582. The average Bonchev–Trinajstić information content (AvgIpc) is 3.26. The second-order valence-electron chi connectivity index (χ2n) is 7.18. The van der Waals surface area contributed by atoms with E-state index in [1.807, 2.05) is 30.3 Å². The topological polar surface area (TPSA) is 49.9 Å². The molecule has 3 aromatic rings. The summed E-state index contributed by atoms with van der Waals surface area (Å²) < 4.78 is 14.0. The van der Waals surface area contributed by atoms with Gasteiger partial charge in [0.25, 0.3) is 5.91 Å². The molecule has 3 aromatic carbocycles. The summed E-state index contributed by atoms with van der Waals surface area (Å²) in [7, 11) is 0. The maximum Gasteiger partial charge on any atom is 0.266 e. The maximum absolute atomic E-state index is 14.0. The van der Waals surface area contributed by atoms with Crippen LogP contribution in [0.1, 0.15) is 11.6 Å². The van der Waals surface area contributed by atoms with Gasteiger partial charge in [0.2, 0.25) is 5.91 Å². The molecule has 0 N–H and O–H groups in total. The van der Waals surface area contributed by atoms with Crippen LogP contribution in [0.4, 0.5) is 15.8 Å². The number of halogens is 2. The van der Waals surface area contributed by atoms with Crippen LogP contribution in [0.2, 0.25) is 5.02 Å². The van der Waals surface area contributed by atoms with Crippen LogP contribution in [0, 0.1) is 11.7 Å². The van der Waals surface area contributed by atoms with Crippen molar-refractivity contribution in [1.29, 1.82) is 0 Å². The van der Waals surface area contributed by atoms with Crippen LogP contribution >= 0.6 is 11.6 Å². The van der Waals surface area contributed by atoms with Crippen molar-refractivity contribution in [2.24, 2.45) is 5.92 Å². The van der Waals surface area contributed by atoms with Gasteiger partial charge in [-0.05, 0) is 42.0 Å². The van der Waals surface area contributed by atoms with Crippen LogP contribution in [-0.2, 0) is 14.4 Å². The Balaban J connectivity index is 1.61. The lowest BCUT2D eigenvalue weighted by molar-refractivity contribution is -0.126. The third kappa shape index (κ3) is 2.88. The van der Waals surface area contributed by atoms with Crippen molar-refractivity contribution in [3.05, 3.63) is 95.3 Å². The van der Waals surface area contributed by atoms with Crippen LogP contribution < -0.4 is 9.96 Å². The zero-order valence-electron chi connectivity index (χ0n) is 15.6. The Morgan fingerprint density at radius 2 is 1.60 bits per heavy atom. The van der Waals surface area contributed by atoms with Crippen LogP contribution in [0.15, 0.2) is 78.9 Å². The number of nitrogens with zero attached hydrogens (tertiary/aromatic N) is 2. The monoisotopic (exact) mass is 422 g/mol. The van der Waals surface area contributed by atoms with Gasteiger partial charge in [-0.15, -0.1) is 0 Å². The Morgan fingerprint density at radius 3 is 2.33 bits per heavy atom. The largest absolute Gasteiger partial charge is 0.273 e. The summed E-state index contributed by atoms with van der Waals surface area (Å²) in [5, 5.41) is 1.82. The van der Waals surface area contributed by atoms with E-state index in [0.29, 0.717) is 22.0 Å². The van der Waals surface area contributed by atoms with Gasteiger partial charge in [-0.3, -0.25) is 14.4 Å². The second kappa shape index (κ2) is 7.23. The molecule has 0 spiro atoms. The summed E-state index contributed by atoms with van der Waals surface area (Å²) in [6.07, 6.45) is -1.03. The first-order valence-corrected chi connectivity index (χ1v) is 9.83. The molecule has 5 rings (SSSR count). The highest BCUT2D eigenvalue weighted by Crippen LogP contribution is 2.48. The van der Waals surface area contributed by atoms with Gasteiger partial charge in [0.1, 0.15) is 11.7 Å². The molecule has 7 heteroatoms. The number of fused-ring (bicyclic) bond motifs is 1. The molecule has 0 unspecified atom stereocenters. The first-order valence-electron chi connectivity index (χ1n) is 9.45. The van der Waals surface area contributed by atoms with Gasteiger partial charge in [0.15, 0.2) is 6.10 Å². The molecule has 2 aliphatic heterocycles. The number of hydrogen-bond donors (Lipinski definition) is 0. The molecule has 2 heterocycles. The first-order chi connectivity index (χ1) is 14.6. The number of rotatable bonds is 3. The Hall–Kier alpha value is -3.22. The number of carbonyl (C=O) groups excluding carboxylic acids is 2. The van der Waals surface area contributed by atoms with E-state index in [1.54, 1.807) is 36.4 Å². The molecular weight excluding hydrogens is 407 g/mol. The molecule has 3 atom stereocenters. The summed E-state index contributed by atoms with van der Waals surface area (Å²) in [6.45, 7) is 0. The minimum atomic E-state index is -1.03. The Kier molecular flexibility index (Phi) is 4.53. The van der Waals surface area contributed by atoms with Crippen molar-refractivity contribution in [3.63, 3.8) is 0 Å². The molecule has 150 valence electrons. The highest BCUT2D eigenvalue weighted by atomic mass is 35.5. The fraction of sp³-hybridized carbons (Fsp3) is 0.130. The smallest absolute Gasteiger partial charge is 0.266 e. The minimum Gasteiger partial charge on any atom is -0.273 e. The zero-order chi connectivity index (χ0) is 20.8. The third-order valence-corrected chi connectivity index (χ3v) is 5.73. The molecule has 0 aromatic heterocycles. The summed E-state index contributed by atoms with van der Waals surface area (Å²) >= 11 is 6.24. The number of anilines is 2. The van der Waals surface area contributed by atoms with Crippen molar-refractivity contribution in [3.8, 4) is 0 Å². The zero-order valence-corrected chi connectivity index (χ0v) is 16.4. The van der Waals surface area contributed by atoms with E-state index >= 15 is 0 Å². The van der Waals surface area contributed by atoms with Crippen LogP contribution in [0.3, 0.4) is 0 Å². The van der Waals surface area contributed by atoms with E-state index in [4.69, 9.17) is 16.4 Å². The third-order valence-electron chi connectivity index (χ3n) is 5.41. The van der Waals surface area contributed by atoms with Crippen molar-refractivity contribution < 1.29 is 18.8 Å². The highest BCUT2D eigenvalue weighted by molar-refractivity contribution is 6.36. The molecule has 2 saturated heterocycles. The predicted molar refractivity (Wildman–Crippen MR) is 110 cm³/mol. The average molecular weight is 423 g/mol. The number of imide groups is 1. The van der Waals surface area contributed by atoms with E-state index in [-0.39, 0.29) is 0 Å². The molecule has 0 radical (unpaired) electrons. The molecule has 0 aliphatic carbocycles. The van der Waals surface area contributed by atoms with E-state index in [9.17, 15) is 14.0 Å². The fourth-order valence-electron chi connectivity index (χ4n) is 4.11. The standard InChI is InChI=1S/C23H16ClFN2O3/c24-17-11-4-5-12-18(17)26-22(28)19-20(14-7-6-8-15(25)13-14)27(30-21(19)23(26)29)16-9-2-1-3-10-16/h1-13,19-21H/t19-,20+,21-/m1/s1. The van der Waals surface area contributed by atoms with Crippen molar-refractivity contribution in [2.45, 2.75) is 12.1 Å². The number of para-hydroxylation sites is 2. The second-order valence-corrected chi connectivity index (χ2v) is 7.58. The number of carbonyl (C=O) groups is 2. The van der Waals surface area contributed by atoms with Crippen molar-refractivity contribution in [1.82, 2.24) is 0 Å². The Morgan fingerprint density at radius 1 is 0.867 bits per heavy atom. The molecule has 2 aliphatic rings. The molecule has 0 saturated carbocycles. The van der Waals surface area contributed by atoms with Gasteiger partial charge in [0, 0.05) is 0 Å². The summed E-state index contributed by atoms with van der Waals surface area (Å²) in [6, 6.07) is 21.1. The van der Waals surface area contributed by atoms with Crippen LogP contribution in [0.25, 0.3) is 0 Å². The Bertz CT molecular complexity index is 1140. The minimum absolute atomic E-state index is 0.293. The number of hydroxylamine groups is 1. The van der Waals surface area contributed by atoms with Crippen molar-refractivity contribution >= 4 is 34.8 Å². The lowest BCUT2D eigenvalue weighted by Gasteiger charge is -2.29. The lowest BCUT2D eigenvalue weighted by Crippen LogP contribution is -2.37. The van der Waals surface area contributed by atoms with E-state index in [1.165, 1.54) is 17.2 Å². The first kappa shape index (κ1) is 18.8. The summed E-state index contributed by atoms with van der Waals surface area (Å²) in [5.41, 5.74) is 1.54. The highest BCUT2D eigenvalue weighted by Gasteiger charge is 2.60. The SMILES string of the molecule is O=C1[C@H]2[C@@H](ON(c3ccccc3)[C@H]2c2cccc(F)c2)C(=O)N1c1ccccc1Cl. The van der Waals surface area contributed by atoms with E-state index in [0.717, 1.165) is 4.90 Å². The molecule has 5 nitrogen and oxygen atoms in total. The molecule has 2 fully saturated rings. The van der Waals surface area contributed by atoms with Gasteiger partial charge >= 0.3 is 0 Å².